The van der Waals surface area contributed by atoms with Crippen molar-refractivity contribution in [2.75, 3.05) is 6.61 Å². The van der Waals surface area contributed by atoms with Crippen LogP contribution in [-0.4, -0.2) is 39.2 Å². The van der Waals surface area contributed by atoms with Crippen molar-refractivity contribution < 1.29 is 9.53 Å². The summed E-state index contributed by atoms with van der Waals surface area (Å²) in [4.78, 5) is 20.5. The van der Waals surface area contributed by atoms with Gasteiger partial charge in [0.1, 0.15) is 12.1 Å². The summed E-state index contributed by atoms with van der Waals surface area (Å²) < 4.78 is 7.36. The highest BCUT2D eigenvalue weighted by molar-refractivity contribution is 5.94. The summed E-state index contributed by atoms with van der Waals surface area (Å²) in [5.41, 5.74) is 0.582. The van der Waals surface area contributed by atoms with Crippen LogP contribution in [0.1, 0.15) is 30.1 Å². The van der Waals surface area contributed by atoms with Gasteiger partial charge in [-0.15, -0.1) is 0 Å². The number of hydrogen-bond acceptors (Lipinski definition) is 4. The summed E-state index contributed by atoms with van der Waals surface area (Å²) in [6.45, 7) is 2.76. The van der Waals surface area contributed by atoms with E-state index in [4.69, 9.17) is 4.74 Å². The maximum absolute atomic E-state index is 12.3. The van der Waals surface area contributed by atoms with Gasteiger partial charge in [0.05, 0.1) is 12.1 Å². The zero-order valence-electron chi connectivity index (χ0n) is 11.9. The van der Waals surface area contributed by atoms with Gasteiger partial charge in [0.25, 0.3) is 5.91 Å². The molecule has 6 heteroatoms. The van der Waals surface area contributed by atoms with Crippen LogP contribution < -0.4 is 5.32 Å². The molecule has 3 heterocycles. The first kappa shape index (κ1) is 13.8. The van der Waals surface area contributed by atoms with Gasteiger partial charge >= 0.3 is 0 Å². The highest BCUT2D eigenvalue weighted by atomic mass is 16.5. The van der Waals surface area contributed by atoms with Crippen LogP contribution in [0, 0.1) is 0 Å². The van der Waals surface area contributed by atoms with Gasteiger partial charge < -0.3 is 10.1 Å². The van der Waals surface area contributed by atoms with Gasteiger partial charge in [-0.1, -0.05) is 0 Å². The first-order valence-electron chi connectivity index (χ1n) is 7.11. The molecule has 2 aromatic rings. The van der Waals surface area contributed by atoms with Crippen LogP contribution >= 0.6 is 0 Å². The van der Waals surface area contributed by atoms with Crippen molar-refractivity contribution in [3.05, 3.63) is 42.6 Å². The van der Waals surface area contributed by atoms with E-state index >= 15 is 0 Å². The Labute approximate surface area is 123 Å². The van der Waals surface area contributed by atoms with Gasteiger partial charge in [-0.2, -0.15) is 0 Å². The molecule has 1 N–H and O–H groups in total. The van der Waals surface area contributed by atoms with Gasteiger partial charge in [-0.3, -0.25) is 9.36 Å². The topological polar surface area (TPSA) is 69.0 Å². The van der Waals surface area contributed by atoms with Crippen molar-refractivity contribution in [3.8, 4) is 5.82 Å². The van der Waals surface area contributed by atoms with E-state index in [1.54, 1.807) is 41.6 Å². The average Bonchev–Trinajstić information content (AvgIpc) is 3.20. The van der Waals surface area contributed by atoms with Crippen LogP contribution in [0.5, 0.6) is 0 Å². The van der Waals surface area contributed by atoms with Crippen LogP contribution in [0.3, 0.4) is 0 Å². The molecular weight excluding hydrogens is 268 g/mol. The number of aromatic nitrogens is 3. The standard InChI is InChI=1S/C15H18N4O2/c1-11(13-3-2-8-21-13)18-15(20)12-4-5-17-14(9-12)19-7-6-16-10-19/h4-7,9-11,13H,2-3,8H2,1H3,(H,18,20)/t11-,13-/m0/s1. The molecule has 0 unspecified atom stereocenters. The van der Waals surface area contributed by atoms with E-state index < -0.39 is 0 Å². The van der Waals surface area contributed by atoms with E-state index in [1.807, 2.05) is 6.92 Å². The molecule has 1 fully saturated rings. The second-order valence-corrected chi connectivity index (χ2v) is 5.19. The third-order valence-corrected chi connectivity index (χ3v) is 3.66. The van der Waals surface area contributed by atoms with E-state index in [9.17, 15) is 4.79 Å². The highest BCUT2D eigenvalue weighted by Gasteiger charge is 2.24. The third-order valence-electron chi connectivity index (χ3n) is 3.66. The van der Waals surface area contributed by atoms with E-state index in [-0.39, 0.29) is 18.1 Å². The number of rotatable bonds is 4. The minimum Gasteiger partial charge on any atom is -0.376 e. The maximum atomic E-state index is 12.3. The van der Waals surface area contributed by atoms with Crippen LogP contribution in [0.15, 0.2) is 37.1 Å². The molecule has 2 aromatic heterocycles. The lowest BCUT2D eigenvalue weighted by Gasteiger charge is -2.20. The molecule has 1 amide bonds. The number of pyridine rings is 1. The molecule has 21 heavy (non-hydrogen) atoms. The third kappa shape index (κ3) is 3.11. The van der Waals surface area contributed by atoms with Gasteiger partial charge in [0.15, 0.2) is 0 Å². The molecule has 110 valence electrons. The van der Waals surface area contributed by atoms with E-state index in [2.05, 4.69) is 15.3 Å². The molecule has 1 aliphatic heterocycles. The predicted octanol–water partition coefficient (Wildman–Crippen LogP) is 1.56. The number of hydrogen-bond donors (Lipinski definition) is 1. The molecular formula is C15H18N4O2. The Kier molecular flexibility index (Phi) is 3.96. The number of nitrogens with zero attached hydrogens (tertiary/aromatic N) is 3. The van der Waals surface area contributed by atoms with Gasteiger partial charge in [-0.05, 0) is 31.9 Å². The second kappa shape index (κ2) is 6.05. The maximum Gasteiger partial charge on any atom is 0.251 e. The molecule has 3 rings (SSSR count). The fraction of sp³-hybridized carbons (Fsp3) is 0.400. The number of ether oxygens (including phenoxy) is 1. The van der Waals surface area contributed by atoms with Crippen LogP contribution in [0.25, 0.3) is 5.82 Å². The van der Waals surface area contributed by atoms with Crippen molar-refractivity contribution >= 4 is 5.91 Å². The monoisotopic (exact) mass is 286 g/mol. The fourth-order valence-corrected chi connectivity index (χ4v) is 2.48. The molecule has 0 bridgehead atoms. The van der Waals surface area contributed by atoms with E-state index in [0.717, 1.165) is 19.4 Å². The van der Waals surface area contributed by atoms with Gasteiger partial charge in [0, 0.05) is 30.8 Å². The number of carbonyl (C=O) groups excluding carboxylic acids is 1. The van der Waals surface area contributed by atoms with E-state index in [0.29, 0.717) is 11.4 Å². The van der Waals surface area contributed by atoms with Crippen LogP contribution in [0.2, 0.25) is 0 Å². The van der Waals surface area contributed by atoms with Gasteiger partial charge in [-0.25, -0.2) is 9.97 Å². The zero-order valence-corrected chi connectivity index (χ0v) is 11.9. The molecule has 0 aliphatic carbocycles. The van der Waals surface area contributed by atoms with Crippen molar-refractivity contribution in [1.82, 2.24) is 19.9 Å². The Morgan fingerprint density at radius 1 is 1.52 bits per heavy atom. The molecule has 1 aliphatic rings. The van der Waals surface area contributed by atoms with Crippen LogP contribution in [-0.2, 0) is 4.74 Å². The summed E-state index contributed by atoms with van der Waals surface area (Å²) in [6.07, 6.45) is 8.92. The molecule has 0 spiro atoms. The van der Waals surface area contributed by atoms with Gasteiger partial charge in [0.2, 0.25) is 0 Å². The Bertz CT molecular complexity index is 606. The first-order valence-corrected chi connectivity index (χ1v) is 7.11. The minimum atomic E-state index is -0.109. The van der Waals surface area contributed by atoms with Crippen LogP contribution in [0.4, 0.5) is 0 Å². The summed E-state index contributed by atoms with van der Waals surface area (Å²) in [7, 11) is 0. The Balaban J connectivity index is 1.71. The lowest BCUT2D eigenvalue weighted by molar-refractivity contribution is 0.0712. The lowest BCUT2D eigenvalue weighted by atomic mass is 10.1. The predicted molar refractivity (Wildman–Crippen MR) is 77.3 cm³/mol. The normalized spacial score (nSPS) is 19.4. The lowest BCUT2D eigenvalue weighted by Crippen LogP contribution is -2.40. The number of nitrogens with one attached hydrogen (secondary N) is 1. The smallest absolute Gasteiger partial charge is 0.251 e. The molecule has 0 aromatic carbocycles. The van der Waals surface area contributed by atoms with Crippen molar-refractivity contribution in [1.29, 1.82) is 0 Å². The molecule has 1 saturated heterocycles. The number of imidazole rings is 1. The minimum absolute atomic E-state index is 0.00450. The number of carbonyl (C=O) groups is 1. The molecule has 0 saturated carbocycles. The molecule has 6 nitrogen and oxygen atoms in total. The quantitative estimate of drug-likeness (QED) is 0.926. The average molecular weight is 286 g/mol. The van der Waals surface area contributed by atoms with E-state index in [1.165, 1.54) is 0 Å². The Morgan fingerprint density at radius 2 is 2.43 bits per heavy atom. The Morgan fingerprint density at radius 3 is 3.14 bits per heavy atom. The molecule has 0 radical (unpaired) electrons. The summed E-state index contributed by atoms with van der Waals surface area (Å²) in [5, 5.41) is 2.99. The van der Waals surface area contributed by atoms with Crippen molar-refractivity contribution in [3.63, 3.8) is 0 Å². The van der Waals surface area contributed by atoms with Crippen molar-refractivity contribution in [2.45, 2.75) is 31.9 Å². The largest absolute Gasteiger partial charge is 0.376 e. The second-order valence-electron chi connectivity index (χ2n) is 5.19. The van der Waals surface area contributed by atoms with Crippen molar-refractivity contribution in [2.24, 2.45) is 0 Å². The summed E-state index contributed by atoms with van der Waals surface area (Å²) in [5.74, 6) is 0.562. The number of amides is 1. The Hall–Kier alpha value is -2.21. The highest BCUT2D eigenvalue weighted by Crippen LogP contribution is 2.16. The molecule has 2 atom stereocenters. The SMILES string of the molecule is C[C@H](NC(=O)c1ccnc(-n2ccnc2)c1)[C@@H]1CCCO1. The summed E-state index contributed by atoms with van der Waals surface area (Å²) in [6, 6.07) is 3.46. The summed E-state index contributed by atoms with van der Waals surface area (Å²) >= 11 is 0. The fourth-order valence-electron chi connectivity index (χ4n) is 2.48. The zero-order chi connectivity index (χ0) is 14.7. The first-order chi connectivity index (χ1) is 10.2.